The summed E-state index contributed by atoms with van der Waals surface area (Å²) in [5, 5.41) is 10.2. The maximum Gasteiger partial charge on any atom is 0.234 e. The Morgan fingerprint density at radius 2 is 1.97 bits per heavy atom. The van der Waals surface area contributed by atoms with E-state index >= 15 is 0 Å². The van der Waals surface area contributed by atoms with E-state index < -0.39 is 5.41 Å². The van der Waals surface area contributed by atoms with Crippen molar-refractivity contribution in [2.24, 2.45) is 0 Å². The molecule has 7 nitrogen and oxygen atoms in total. The zero-order valence-electron chi connectivity index (χ0n) is 21.0. The smallest absolute Gasteiger partial charge is 0.234 e. The number of carbonyl (C=O) groups excluding carboxylic acids is 1. The van der Waals surface area contributed by atoms with Crippen LogP contribution in [0.3, 0.4) is 0 Å². The molecule has 0 unspecified atom stereocenters. The van der Waals surface area contributed by atoms with Gasteiger partial charge in [-0.25, -0.2) is 9.97 Å². The molecule has 2 aliphatic rings. The molecule has 2 aromatic carbocycles. The molecule has 1 saturated heterocycles. The van der Waals surface area contributed by atoms with Gasteiger partial charge in [0.25, 0.3) is 0 Å². The first-order valence-electron chi connectivity index (χ1n) is 12.5. The summed E-state index contributed by atoms with van der Waals surface area (Å²) in [7, 11) is 1.68. The van der Waals surface area contributed by atoms with Crippen LogP contribution in [0.5, 0.6) is 5.75 Å². The lowest BCUT2D eigenvalue weighted by Crippen LogP contribution is -2.27. The van der Waals surface area contributed by atoms with E-state index in [1.807, 2.05) is 32.0 Å². The zero-order valence-corrected chi connectivity index (χ0v) is 21.7. The van der Waals surface area contributed by atoms with Crippen LogP contribution < -0.4 is 20.7 Å². The van der Waals surface area contributed by atoms with Crippen molar-refractivity contribution in [3.8, 4) is 5.75 Å². The number of aromatic nitrogens is 2. The van der Waals surface area contributed by atoms with Gasteiger partial charge in [-0.1, -0.05) is 29.8 Å². The summed E-state index contributed by atoms with van der Waals surface area (Å²) in [5.74, 6) is 1.81. The third-order valence-electron chi connectivity index (χ3n) is 7.32. The van der Waals surface area contributed by atoms with E-state index in [-0.39, 0.29) is 5.91 Å². The van der Waals surface area contributed by atoms with Crippen LogP contribution in [0.2, 0.25) is 5.02 Å². The van der Waals surface area contributed by atoms with Crippen LogP contribution in [0.1, 0.15) is 55.0 Å². The van der Waals surface area contributed by atoms with E-state index in [0.717, 1.165) is 59.9 Å². The molecule has 3 aromatic rings. The normalized spacial score (nSPS) is 16.9. The van der Waals surface area contributed by atoms with Crippen LogP contribution in [0.4, 0.5) is 17.3 Å². The van der Waals surface area contributed by atoms with E-state index in [2.05, 4.69) is 39.1 Å². The maximum atomic E-state index is 12.4. The molecule has 2 aliphatic heterocycles. The Hall–Kier alpha value is -3.16. The number of ether oxygens (including phenoxy) is 1. The highest BCUT2D eigenvalue weighted by atomic mass is 35.5. The number of nitrogens with one attached hydrogen (secondary N) is 3. The minimum Gasteiger partial charge on any atom is -0.495 e. The molecule has 5 rings (SSSR count). The molecule has 0 atom stereocenters. The lowest BCUT2D eigenvalue weighted by molar-refractivity contribution is -0.119. The minimum atomic E-state index is -0.565. The highest BCUT2D eigenvalue weighted by molar-refractivity contribution is 6.31. The number of aryl methyl sites for hydroxylation is 2. The van der Waals surface area contributed by atoms with E-state index in [1.54, 1.807) is 13.3 Å². The van der Waals surface area contributed by atoms with Crippen molar-refractivity contribution in [3.63, 3.8) is 0 Å². The Bertz CT molecular complexity index is 1290. The number of fused-ring (bicyclic) bond motifs is 1. The van der Waals surface area contributed by atoms with Crippen molar-refractivity contribution in [2.45, 2.75) is 50.9 Å². The Morgan fingerprint density at radius 3 is 2.75 bits per heavy atom. The molecule has 1 aromatic heterocycles. The van der Waals surface area contributed by atoms with Gasteiger partial charge in [-0.3, -0.25) is 4.79 Å². The first-order chi connectivity index (χ1) is 17.4. The number of halogens is 1. The Labute approximate surface area is 217 Å². The topological polar surface area (TPSA) is 88.2 Å². The molecule has 0 spiro atoms. The van der Waals surface area contributed by atoms with Crippen molar-refractivity contribution in [1.82, 2.24) is 15.3 Å². The van der Waals surface area contributed by atoms with E-state index in [9.17, 15) is 4.79 Å². The summed E-state index contributed by atoms with van der Waals surface area (Å²) in [6, 6.07) is 12.3. The quantitative estimate of drug-likeness (QED) is 0.400. The fourth-order valence-electron chi connectivity index (χ4n) is 5.27. The predicted molar refractivity (Wildman–Crippen MR) is 144 cm³/mol. The van der Waals surface area contributed by atoms with E-state index in [1.165, 1.54) is 5.56 Å². The first-order valence-corrected chi connectivity index (χ1v) is 12.9. The summed E-state index contributed by atoms with van der Waals surface area (Å²) in [6.45, 7) is 6.01. The van der Waals surface area contributed by atoms with Crippen LogP contribution in [-0.2, 0) is 23.1 Å². The second-order valence-corrected chi connectivity index (χ2v) is 10.4. The summed E-state index contributed by atoms with van der Waals surface area (Å²) in [6.07, 6.45) is 5.23. The average molecular weight is 506 g/mol. The second-order valence-electron chi connectivity index (χ2n) is 10.0. The summed E-state index contributed by atoms with van der Waals surface area (Å²) >= 11 is 6.48. The number of amides is 1. The van der Waals surface area contributed by atoms with Gasteiger partial charge in [0, 0.05) is 5.69 Å². The molecular formula is C28H32ClN5O2. The molecular weight excluding hydrogens is 474 g/mol. The number of methoxy groups -OCH3 is 1. The largest absolute Gasteiger partial charge is 0.495 e. The molecule has 1 fully saturated rings. The zero-order chi connectivity index (χ0) is 25.3. The second kappa shape index (κ2) is 10.1. The van der Waals surface area contributed by atoms with E-state index in [4.69, 9.17) is 21.3 Å². The van der Waals surface area contributed by atoms with Crippen molar-refractivity contribution >= 4 is 34.8 Å². The third-order valence-corrected chi connectivity index (χ3v) is 7.64. The fraction of sp³-hybridized carbons (Fsp3) is 0.393. The Kier molecular flexibility index (Phi) is 6.86. The molecule has 1 amide bonds. The highest BCUT2D eigenvalue weighted by Crippen LogP contribution is 2.40. The summed E-state index contributed by atoms with van der Waals surface area (Å²) in [4.78, 5) is 21.6. The van der Waals surface area contributed by atoms with Gasteiger partial charge in [-0.15, -0.1) is 0 Å². The Morgan fingerprint density at radius 1 is 1.17 bits per heavy atom. The molecule has 0 radical (unpaired) electrons. The highest BCUT2D eigenvalue weighted by Gasteiger charge is 2.39. The fourth-order valence-corrected chi connectivity index (χ4v) is 5.46. The summed E-state index contributed by atoms with van der Waals surface area (Å²) in [5.41, 5.74) is 5.36. The monoisotopic (exact) mass is 505 g/mol. The van der Waals surface area contributed by atoms with Crippen molar-refractivity contribution < 1.29 is 9.53 Å². The maximum absolute atomic E-state index is 12.4. The molecule has 3 N–H and O–H groups in total. The first kappa shape index (κ1) is 24.5. The lowest BCUT2D eigenvalue weighted by atomic mass is 9.82. The SMILES string of the molecule is COc1cc(C2CCNCC2)ccc1Nc1ncc(Cl)c(CCc2cccc3c2C(C)(C)C(=O)N3)n1. The van der Waals surface area contributed by atoms with Gasteiger partial charge in [-0.2, -0.15) is 0 Å². The average Bonchev–Trinajstić information content (AvgIpc) is 3.13. The number of nitrogens with zero attached hydrogens (tertiary/aromatic N) is 2. The van der Waals surface area contributed by atoms with Gasteiger partial charge in [0.2, 0.25) is 11.9 Å². The van der Waals surface area contributed by atoms with E-state index in [0.29, 0.717) is 29.7 Å². The van der Waals surface area contributed by atoms with Gasteiger partial charge >= 0.3 is 0 Å². The summed E-state index contributed by atoms with van der Waals surface area (Å²) < 4.78 is 5.69. The number of benzene rings is 2. The molecule has 188 valence electrons. The predicted octanol–water partition coefficient (Wildman–Crippen LogP) is 5.36. The number of piperidine rings is 1. The van der Waals surface area contributed by atoms with Crippen molar-refractivity contribution in [2.75, 3.05) is 30.8 Å². The van der Waals surface area contributed by atoms with Crippen LogP contribution >= 0.6 is 11.6 Å². The van der Waals surface area contributed by atoms with Gasteiger partial charge < -0.3 is 20.7 Å². The number of hydrogen-bond acceptors (Lipinski definition) is 6. The number of anilines is 3. The van der Waals surface area contributed by atoms with Crippen LogP contribution in [0.25, 0.3) is 0 Å². The Balaban J connectivity index is 1.34. The number of rotatable bonds is 7. The van der Waals surface area contributed by atoms with Crippen molar-refractivity contribution in [1.29, 1.82) is 0 Å². The van der Waals surface area contributed by atoms with Crippen molar-refractivity contribution in [3.05, 3.63) is 70.0 Å². The van der Waals surface area contributed by atoms with Gasteiger partial charge in [0.05, 0.1) is 35.1 Å². The van der Waals surface area contributed by atoms with Crippen LogP contribution in [-0.4, -0.2) is 36.1 Å². The minimum absolute atomic E-state index is 0.0247. The molecule has 0 saturated carbocycles. The lowest BCUT2D eigenvalue weighted by Gasteiger charge is -2.24. The molecule has 36 heavy (non-hydrogen) atoms. The third kappa shape index (κ3) is 4.77. The molecule has 3 heterocycles. The van der Waals surface area contributed by atoms with Crippen LogP contribution in [0, 0.1) is 0 Å². The molecule has 0 bridgehead atoms. The number of hydrogen-bond donors (Lipinski definition) is 3. The standard InChI is InChI=1S/C28H32ClN5O2/c1-28(2)25-18(5-4-6-23(25)32-26(28)35)7-9-21-20(29)16-31-27(33-21)34-22-10-8-19(15-24(22)36-3)17-11-13-30-14-12-17/h4-6,8,10,15-17,30H,7,9,11-14H2,1-3H3,(H,32,35)(H,31,33,34). The van der Waals surface area contributed by atoms with Crippen LogP contribution in [0.15, 0.2) is 42.6 Å². The van der Waals surface area contributed by atoms with Gasteiger partial charge in [0.1, 0.15) is 5.75 Å². The molecule has 8 heteroatoms. The molecule has 0 aliphatic carbocycles. The van der Waals surface area contributed by atoms with Gasteiger partial charge in [-0.05, 0) is 93.4 Å². The van der Waals surface area contributed by atoms with Gasteiger partial charge in [0.15, 0.2) is 0 Å². The number of carbonyl (C=O) groups is 1.